The lowest BCUT2D eigenvalue weighted by atomic mass is 9.95. The number of phenols is 1. The van der Waals surface area contributed by atoms with Crippen molar-refractivity contribution in [2.45, 2.75) is 251 Å². The molecule has 27 N–H and O–H groups in total. The summed E-state index contributed by atoms with van der Waals surface area (Å²) in [6, 6.07) is -6.32. The summed E-state index contributed by atoms with van der Waals surface area (Å²) in [7, 11) is 0. The Hall–Kier alpha value is -13.9. The van der Waals surface area contributed by atoms with Gasteiger partial charge in [-0.2, -0.15) is 0 Å². The number of likely N-dealkylation sites (tertiary alicyclic amines) is 1. The van der Waals surface area contributed by atoms with Crippen LogP contribution in [0.25, 0.3) is 0 Å². The van der Waals surface area contributed by atoms with Crippen LogP contribution in [0.5, 0.6) is 5.75 Å². The second-order valence-corrected chi connectivity index (χ2v) is 33.1. The number of aromatic amines is 3. The molecule has 1 aliphatic rings. The number of carbonyl (C=O) groups excluding carboxylic acids is 14. The number of primary amides is 1. The molecule has 1 fully saturated rings. The van der Waals surface area contributed by atoms with E-state index in [9.17, 15) is 68.1 Å². The summed E-state index contributed by atoms with van der Waals surface area (Å²) in [6.07, 6.45) is 6.51. The average Bonchev–Trinajstić information content (AvgIpc) is 1.66. The number of aliphatic carboxylic acids is 3. The molecule has 0 unspecified atom stereocenters. The van der Waals surface area contributed by atoms with E-state index in [1.165, 1.54) is 66.7 Å². The largest absolute Gasteiger partial charge is 0.508 e. The molecule has 0 aliphatic carbocycles. The zero-order chi connectivity index (χ0) is 96.8. The summed E-state index contributed by atoms with van der Waals surface area (Å²) in [6.45, 7) is 17.9. The number of aromatic hydroxyl groups is 1. The minimum atomic E-state index is -1.76. The van der Waals surface area contributed by atoms with E-state index in [1.54, 1.807) is 99.6 Å². The minimum Gasteiger partial charge on any atom is -0.508 e. The second kappa shape index (κ2) is 53.0. The molecular weight excluding hydrogens is 1690 g/mol. The standard InChI is InChI=1S/C83H122N24O19.C2H4O2/c1-11-45(9)67(105-75(118)57(30-48-22-24-52(108)25-23-48)99-77(120)65(43(5)6)103-70(113)54(20-16-26-91-83(86)87)95-69(112)53(84)34-64(110)111)80(123)101-60(33-51-38-90-41-94-51)81(124)107-27-17-21-62(107)76(119)98-56(29-47-18-14-13-15-19-47)71(114)97-58(31-49-36-88-39-92-49)72(115)96-55(28-42(3)4)74(117)104-66(44(7)8)78(121)106-68(46(10)12-2)79(122)100-59(32-50-37-89-40-93-50)73(116)102-61(82(125)126)35-63(85)109;1-2(3)4/h13-15,18-19,22-25,36-46,53-62,65-68,108H,11-12,16-17,20-21,26-35,84H2,1-10H3,(H2,85,109)(H,88,92)(H,89,93)(H,90,94)(H,95,112)(H,96,115)(H,97,114)(H,98,119)(H,99,120)(H,100,122)(H,101,123)(H,102,116)(H,103,113)(H,104,117)(H,105,118)(H,106,121)(H,110,111)(H,125,126)(H4,86,87,91);1H3,(H,3,4)/t45-,46-,53-,54-,55-,56-,57-,58-,59-,60-,61-,62-,65-,66-,67-,68-;/m0./s1. The maximum atomic E-state index is 15.4. The Bertz CT molecular complexity index is 4610. The van der Waals surface area contributed by atoms with Gasteiger partial charge in [0.15, 0.2) is 5.96 Å². The highest BCUT2D eigenvalue weighted by Crippen LogP contribution is 2.23. The van der Waals surface area contributed by atoms with Gasteiger partial charge in [-0.25, -0.2) is 19.7 Å². The van der Waals surface area contributed by atoms with Crippen molar-refractivity contribution < 1.29 is 102 Å². The smallest absolute Gasteiger partial charge is 0.326 e. The van der Waals surface area contributed by atoms with Gasteiger partial charge in [0.05, 0.1) is 54.9 Å². The number of phenolic OH excluding ortho intramolecular Hbond substituents is 1. The van der Waals surface area contributed by atoms with Crippen molar-refractivity contribution >= 4 is 107 Å². The number of aromatic nitrogens is 6. The number of H-pyrrole nitrogens is 3. The van der Waals surface area contributed by atoms with E-state index in [0.29, 0.717) is 23.2 Å². The van der Waals surface area contributed by atoms with Crippen molar-refractivity contribution in [1.29, 1.82) is 5.41 Å². The normalized spacial score (nSPS) is 15.8. The molecule has 1 aliphatic heterocycles. The number of nitrogens with two attached hydrogens (primary N) is 3. The Morgan fingerprint density at radius 3 is 1.30 bits per heavy atom. The van der Waals surface area contributed by atoms with Gasteiger partial charge in [0, 0.05) is 70.7 Å². The number of rotatable bonds is 52. The van der Waals surface area contributed by atoms with Crippen LogP contribution in [-0.4, -0.2) is 259 Å². The van der Waals surface area contributed by atoms with Gasteiger partial charge in [0.2, 0.25) is 82.7 Å². The molecule has 0 radical (unpaired) electrons. The molecule has 14 amide bonds. The van der Waals surface area contributed by atoms with Crippen LogP contribution in [-0.2, 0) is 114 Å². The van der Waals surface area contributed by atoms with Gasteiger partial charge in [-0.1, -0.05) is 125 Å². The maximum Gasteiger partial charge on any atom is 0.326 e. The molecule has 2 aromatic carbocycles. The number of carboxylic acid groups (broad SMARTS) is 3. The summed E-state index contributed by atoms with van der Waals surface area (Å²) >= 11 is 0. The third kappa shape index (κ3) is 35.7. The predicted octanol–water partition coefficient (Wildman–Crippen LogP) is -2.55. The molecule has 4 heterocycles. The Balaban J connectivity index is 0.00000732. The fourth-order valence-electron chi connectivity index (χ4n) is 13.9. The number of nitrogens with one attached hydrogen (secondary N) is 17. The second-order valence-electron chi connectivity index (χ2n) is 33.1. The lowest BCUT2D eigenvalue weighted by Crippen LogP contribution is -2.62. The Morgan fingerprint density at radius 1 is 0.477 bits per heavy atom. The quantitative estimate of drug-likeness (QED) is 0.0108. The summed E-state index contributed by atoms with van der Waals surface area (Å²) in [5, 5.41) is 78.9. The van der Waals surface area contributed by atoms with Crippen LogP contribution in [0.4, 0.5) is 0 Å². The Morgan fingerprint density at radius 2 is 0.862 bits per heavy atom. The van der Waals surface area contributed by atoms with Gasteiger partial charge in [0.1, 0.15) is 84.3 Å². The number of carbonyl (C=O) groups is 17. The topological polar surface area (TPSA) is 719 Å². The number of imidazole rings is 3. The molecule has 712 valence electrons. The molecular formula is C85H126N24O21. The molecule has 45 nitrogen and oxygen atoms in total. The Labute approximate surface area is 751 Å². The number of nitrogens with zero attached hydrogens (tertiary/aromatic N) is 4. The highest BCUT2D eigenvalue weighted by Gasteiger charge is 2.44. The zero-order valence-electron chi connectivity index (χ0n) is 74.7. The minimum absolute atomic E-state index is 0.0233. The number of carboxylic acids is 3. The molecule has 0 bridgehead atoms. The van der Waals surface area contributed by atoms with E-state index in [1.807, 2.05) is 0 Å². The van der Waals surface area contributed by atoms with Crippen molar-refractivity contribution in [1.82, 2.24) is 104 Å². The molecule has 0 spiro atoms. The van der Waals surface area contributed by atoms with Crippen LogP contribution in [0.15, 0.2) is 92.2 Å². The number of amides is 14. The van der Waals surface area contributed by atoms with Crippen LogP contribution in [0.1, 0.15) is 162 Å². The van der Waals surface area contributed by atoms with Crippen molar-refractivity contribution in [2.75, 3.05) is 13.1 Å². The van der Waals surface area contributed by atoms with Crippen LogP contribution in [0.3, 0.4) is 0 Å². The molecule has 0 saturated carbocycles. The predicted molar refractivity (Wildman–Crippen MR) is 469 cm³/mol. The van der Waals surface area contributed by atoms with Gasteiger partial charge < -0.3 is 127 Å². The van der Waals surface area contributed by atoms with Gasteiger partial charge >= 0.3 is 11.9 Å². The summed E-state index contributed by atoms with van der Waals surface area (Å²) in [5.74, 6) is -19.8. The zero-order valence-corrected chi connectivity index (χ0v) is 74.7. The first-order valence-electron chi connectivity index (χ1n) is 42.9. The maximum absolute atomic E-state index is 15.4. The first-order valence-corrected chi connectivity index (χ1v) is 42.9. The van der Waals surface area contributed by atoms with E-state index >= 15 is 24.0 Å². The van der Waals surface area contributed by atoms with Gasteiger partial charge in [0.25, 0.3) is 5.97 Å². The number of hydrogen-bond donors (Lipinski definition) is 24. The van der Waals surface area contributed by atoms with Crippen molar-refractivity contribution in [3.8, 4) is 5.75 Å². The fourth-order valence-corrected chi connectivity index (χ4v) is 13.9. The lowest BCUT2D eigenvalue weighted by molar-refractivity contribution is -0.144. The molecule has 6 rings (SSSR count). The average molecular weight is 1820 g/mol. The van der Waals surface area contributed by atoms with Crippen molar-refractivity contribution in [2.24, 2.45) is 46.8 Å². The highest BCUT2D eigenvalue weighted by atomic mass is 16.4. The molecule has 130 heavy (non-hydrogen) atoms. The van der Waals surface area contributed by atoms with Crippen molar-refractivity contribution in [3.63, 3.8) is 0 Å². The lowest BCUT2D eigenvalue weighted by Gasteiger charge is -2.32. The monoisotopic (exact) mass is 1820 g/mol. The van der Waals surface area contributed by atoms with E-state index in [0.717, 1.165) is 6.92 Å². The molecule has 16 atom stereocenters. The van der Waals surface area contributed by atoms with Crippen LogP contribution in [0.2, 0.25) is 0 Å². The molecule has 5 aromatic rings. The van der Waals surface area contributed by atoms with Crippen LogP contribution in [0, 0.1) is 35.0 Å². The van der Waals surface area contributed by atoms with Crippen LogP contribution < -0.4 is 86.3 Å². The van der Waals surface area contributed by atoms with Crippen molar-refractivity contribution in [3.05, 3.63) is 120 Å². The fraction of sp³-hybridized carbons (Fsp3) is 0.541. The first kappa shape index (κ1) is 107. The van der Waals surface area contributed by atoms with E-state index in [-0.39, 0.29) is 113 Å². The van der Waals surface area contributed by atoms with E-state index < -0.39 is 222 Å². The van der Waals surface area contributed by atoms with E-state index in [4.69, 9.17) is 32.5 Å². The molecule has 1 saturated heterocycles. The number of benzene rings is 2. The number of hydrogen-bond acceptors (Lipinski definition) is 23. The summed E-state index contributed by atoms with van der Waals surface area (Å²) in [4.78, 5) is 257. The van der Waals surface area contributed by atoms with E-state index in [2.05, 4.69) is 99.0 Å². The first-order chi connectivity index (χ1) is 61.4. The highest BCUT2D eigenvalue weighted by molar-refractivity contribution is 6.01. The Kier molecular flexibility index (Phi) is 43.5. The van der Waals surface area contributed by atoms with Crippen LogP contribution >= 0.6 is 0 Å². The van der Waals surface area contributed by atoms with Gasteiger partial charge in [-0.3, -0.25) is 82.1 Å². The molecule has 45 heteroatoms. The summed E-state index contributed by atoms with van der Waals surface area (Å²) in [5.41, 5.74) is 18.4. The third-order valence-electron chi connectivity index (χ3n) is 21.3. The van der Waals surface area contributed by atoms with Gasteiger partial charge in [-0.15, -0.1) is 0 Å². The molecule has 3 aromatic heterocycles. The number of guanidine groups is 1. The summed E-state index contributed by atoms with van der Waals surface area (Å²) < 4.78 is 0. The SMILES string of the molecule is CC(=O)O.CC[C@H](C)[C@H](NC(=O)[C@H](Cc1ccc(O)cc1)NC(=O)[C@@H](NC(=O)[C@H](CCCNC(=N)N)NC(=O)[C@@H](N)CC(=O)O)C(C)C)C(=O)N[C@@H](Cc1c[nH]cn1)C(=O)N1CCC[C@H]1C(=O)N[C@@H](Cc1ccccc1)C(=O)N[C@@H](Cc1c[nH]cn1)C(=O)N[C@@H](CC(C)C)C(=O)N[C@H](C(=O)N[C@H](C(=O)N[C@@H](Cc1c[nH]cn1)C(=O)N[C@@H](CC(N)=O)C(=O)O)[C@@H](C)CC)C(C)C. The third-order valence-corrected chi connectivity index (χ3v) is 21.3. The van der Waals surface area contributed by atoms with Gasteiger partial charge in [-0.05, 0) is 85.0 Å².